The molecule has 4 unspecified atom stereocenters. The first-order valence-corrected chi connectivity index (χ1v) is 22.6. The van der Waals surface area contributed by atoms with Crippen LogP contribution >= 0.6 is 0 Å². The van der Waals surface area contributed by atoms with Gasteiger partial charge >= 0.3 is 0 Å². The number of anilines is 2. The lowest BCUT2D eigenvalue weighted by atomic mass is 9.62. The van der Waals surface area contributed by atoms with E-state index in [1.54, 1.807) is 0 Å². The van der Waals surface area contributed by atoms with Crippen LogP contribution in [0, 0.1) is 17.8 Å². The lowest BCUT2D eigenvalue weighted by molar-refractivity contribution is 0.394. The highest BCUT2D eigenvalue weighted by Crippen LogP contribution is 2.63. The third kappa shape index (κ3) is 6.15. The Morgan fingerprint density at radius 1 is 0.524 bits per heavy atom. The van der Waals surface area contributed by atoms with Gasteiger partial charge in [-0.1, -0.05) is 176 Å². The van der Waals surface area contributed by atoms with Crippen LogP contribution in [0.15, 0.2) is 254 Å². The van der Waals surface area contributed by atoms with Crippen LogP contribution in [0.3, 0.4) is 0 Å². The van der Waals surface area contributed by atoms with Crippen molar-refractivity contribution < 1.29 is 0 Å². The quantitative estimate of drug-likeness (QED) is 0.148. The summed E-state index contributed by atoms with van der Waals surface area (Å²) in [6, 6.07) is 66.8. The summed E-state index contributed by atoms with van der Waals surface area (Å²) in [6.07, 6.45) is 25.2. The number of benzene rings is 7. The highest BCUT2D eigenvalue weighted by atomic mass is 15.1. The van der Waals surface area contributed by atoms with Gasteiger partial charge in [0.2, 0.25) is 0 Å². The normalized spacial score (nSPS) is 21.1. The minimum atomic E-state index is -0.237. The fraction of sp³-hybridized carbons (Fsp3) is 0.115. The lowest BCUT2D eigenvalue weighted by Crippen LogP contribution is -2.36. The van der Waals surface area contributed by atoms with Gasteiger partial charge in [-0.25, -0.2) is 0 Å². The van der Waals surface area contributed by atoms with Crippen LogP contribution in [0.1, 0.15) is 24.8 Å². The van der Waals surface area contributed by atoms with Crippen molar-refractivity contribution in [3.63, 3.8) is 0 Å². The molecule has 1 saturated carbocycles. The summed E-state index contributed by atoms with van der Waals surface area (Å²) in [5.74, 6) is 1.22. The monoisotopic (exact) mass is 808 g/mol. The molecule has 0 spiro atoms. The zero-order valence-electron chi connectivity index (χ0n) is 35.3. The Labute approximate surface area is 370 Å². The van der Waals surface area contributed by atoms with Crippen LogP contribution < -0.4 is 4.90 Å². The summed E-state index contributed by atoms with van der Waals surface area (Å²) in [5.41, 5.74) is 16.2. The van der Waals surface area contributed by atoms with E-state index in [1.807, 2.05) is 0 Å². The topological polar surface area (TPSA) is 8.17 Å². The van der Waals surface area contributed by atoms with Gasteiger partial charge in [-0.2, -0.15) is 0 Å². The minimum Gasteiger partial charge on any atom is -0.311 e. The van der Waals surface area contributed by atoms with Crippen LogP contribution in [-0.4, -0.2) is 4.57 Å². The van der Waals surface area contributed by atoms with E-state index in [9.17, 15) is 0 Å². The Hall–Kier alpha value is -7.42. The van der Waals surface area contributed by atoms with Crippen molar-refractivity contribution in [1.29, 1.82) is 0 Å². The van der Waals surface area contributed by atoms with E-state index < -0.39 is 0 Å². The van der Waals surface area contributed by atoms with Gasteiger partial charge < -0.3 is 9.47 Å². The summed E-state index contributed by atoms with van der Waals surface area (Å²) in [5, 5.41) is 2.53. The third-order valence-corrected chi connectivity index (χ3v) is 14.2. The van der Waals surface area contributed by atoms with E-state index in [0.717, 1.165) is 30.6 Å². The first-order valence-electron chi connectivity index (χ1n) is 22.6. The molecule has 63 heavy (non-hydrogen) atoms. The highest BCUT2D eigenvalue weighted by molar-refractivity contribution is 6.10. The summed E-state index contributed by atoms with van der Waals surface area (Å²) in [6.45, 7) is 0. The molecule has 1 heterocycles. The summed E-state index contributed by atoms with van der Waals surface area (Å²) >= 11 is 0. The number of allylic oxidation sites excluding steroid dienone is 11. The molecule has 8 aromatic rings. The van der Waals surface area contributed by atoms with Crippen LogP contribution in [0.2, 0.25) is 0 Å². The van der Waals surface area contributed by atoms with Gasteiger partial charge in [-0.05, 0) is 131 Å². The molecule has 4 aliphatic carbocycles. The fourth-order valence-corrected chi connectivity index (χ4v) is 11.4. The van der Waals surface area contributed by atoms with Gasteiger partial charge in [0.15, 0.2) is 0 Å². The molecule has 4 atom stereocenters. The van der Waals surface area contributed by atoms with Gasteiger partial charge in [0.25, 0.3) is 0 Å². The maximum absolute atomic E-state index is 2.57. The number of hydrogen-bond donors (Lipinski definition) is 0. The molecule has 4 aliphatic rings. The maximum Gasteiger partial charge on any atom is 0.0541 e. The minimum absolute atomic E-state index is 0.237. The smallest absolute Gasteiger partial charge is 0.0541 e. The molecule has 1 aromatic heterocycles. The zero-order valence-corrected chi connectivity index (χ0v) is 35.3. The van der Waals surface area contributed by atoms with E-state index in [4.69, 9.17) is 0 Å². The van der Waals surface area contributed by atoms with Crippen molar-refractivity contribution >= 4 is 33.2 Å². The summed E-state index contributed by atoms with van der Waals surface area (Å²) in [4.78, 5) is 2.47. The maximum atomic E-state index is 2.57. The number of para-hydroxylation sites is 3. The average molecular weight is 809 g/mol. The third-order valence-electron chi connectivity index (χ3n) is 14.2. The average Bonchev–Trinajstić information content (AvgIpc) is 3.86. The molecule has 7 aromatic carbocycles. The fourth-order valence-electron chi connectivity index (χ4n) is 11.4. The molecular formula is C61H48N2. The second-order valence-corrected chi connectivity index (χ2v) is 17.5. The standard InChI is InChI=1S/C61H48N2/c1-5-17-47(18-6-1)61(48-19-7-2-8-20-48)57-27-15-13-25-53(57)54-39-38-52(42-58(54)61)62(49-21-9-3-10-22-49)51-36-33-44(34-37-51)43-29-31-45(32-30-43)46-35-40-60-56(41-46)55-26-14-16-28-59(55)63(60)50-23-11-4-12-24-50/h1,3-7,9-38,40-42,53-54,57H,2,8,39H2. The molecule has 2 nitrogen and oxygen atoms in total. The molecule has 0 saturated heterocycles. The number of rotatable bonds is 8. The van der Waals surface area contributed by atoms with E-state index in [-0.39, 0.29) is 5.41 Å². The Balaban J connectivity index is 0.893. The molecule has 0 bridgehead atoms. The highest BCUT2D eigenvalue weighted by Gasteiger charge is 2.58. The summed E-state index contributed by atoms with van der Waals surface area (Å²) in [7, 11) is 0. The van der Waals surface area contributed by atoms with Crippen LogP contribution in [0.5, 0.6) is 0 Å². The van der Waals surface area contributed by atoms with Gasteiger partial charge in [-0.15, -0.1) is 0 Å². The van der Waals surface area contributed by atoms with E-state index in [0.29, 0.717) is 17.8 Å². The van der Waals surface area contributed by atoms with Gasteiger partial charge in [0.1, 0.15) is 0 Å². The van der Waals surface area contributed by atoms with Gasteiger partial charge in [0, 0.05) is 44.9 Å². The van der Waals surface area contributed by atoms with E-state index in [2.05, 4.69) is 246 Å². The Morgan fingerprint density at radius 2 is 1.14 bits per heavy atom. The number of fused-ring (bicyclic) bond motifs is 6. The first kappa shape index (κ1) is 37.4. The number of hydrogen-bond acceptors (Lipinski definition) is 1. The van der Waals surface area contributed by atoms with E-state index in [1.165, 1.54) is 72.2 Å². The van der Waals surface area contributed by atoms with Crippen molar-refractivity contribution in [1.82, 2.24) is 4.57 Å². The molecule has 0 N–H and O–H groups in total. The van der Waals surface area contributed by atoms with Gasteiger partial charge in [-0.3, -0.25) is 0 Å². The van der Waals surface area contributed by atoms with Crippen LogP contribution in [0.4, 0.5) is 11.4 Å². The number of nitrogens with zero attached hydrogens (tertiary/aromatic N) is 2. The molecule has 1 fully saturated rings. The largest absolute Gasteiger partial charge is 0.311 e. The lowest BCUT2D eigenvalue weighted by Gasteiger charge is -2.41. The second-order valence-electron chi connectivity index (χ2n) is 17.5. The SMILES string of the molecule is C1=CC2C3CC=C(N(c4ccccc4)c4ccc(-c5ccc(-c6ccc7c(c6)c6ccccc6n7-c6ccccc6)cc5)cc4)C=C3C(C3=CCCC=C3)(c3ccccc3)C2C=C1. The Kier molecular flexibility index (Phi) is 9.18. The predicted octanol–water partition coefficient (Wildman–Crippen LogP) is 15.7. The predicted molar refractivity (Wildman–Crippen MR) is 264 cm³/mol. The van der Waals surface area contributed by atoms with Crippen molar-refractivity contribution in [2.45, 2.75) is 24.7 Å². The number of aromatic nitrogens is 1. The van der Waals surface area contributed by atoms with Crippen molar-refractivity contribution in [3.05, 3.63) is 259 Å². The summed E-state index contributed by atoms with van der Waals surface area (Å²) < 4.78 is 2.37. The zero-order chi connectivity index (χ0) is 41.7. The molecule has 2 heteroatoms. The van der Waals surface area contributed by atoms with Crippen molar-refractivity contribution in [2.75, 3.05) is 4.90 Å². The van der Waals surface area contributed by atoms with Crippen LogP contribution in [0.25, 0.3) is 49.7 Å². The molecule has 0 aliphatic heterocycles. The van der Waals surface area contributed by atoms with E-state index >= 15 is 0 Å². The van der Waals surface area contributed by atoms with Crippen molar-refractivity contribution in [2.24, 2.45) is 17.8 Å². The molecule has 0 radical (unpaired) electrons. The second kappa shape index (κ2) is 15.5. The Morgan fingerprint density at radius 3 is 1.89 bits per heavy atom. The first-order chi connectivity index (χ1) is 31.3. The van der Waals surface area contributed by atoms with Crippen molar-refractivity contribution in [3.8, 4) is 27.9 Å². The van der Waals surface area contributed by atoms with Crippen LogP contribution in [-0.2, 0) is 5.41 Å². The molecule has 302 valence electrons. The van der Waals surface area contributed by atoms with Gasteiger partial charge in [0.05, 0.1) is 11.0 Å². The molecule has 12 rings (SSSR count). The molecular weight excluding hydrogens is 761 g/mol. The Bertz CT molecular complexity index is 3180. The molecule has 0 amide bonds.